The fraction of sp³-hybridized carbons (Fsp3) is 0.333. The van der Waals surface area contributed by atoms with Crippen LogP contribution in [0.4, 0.5) is 17.1 Å². The number of rotatable bonds is 10. The number of hydrogen-bond donors (Lipinski definition) is 3. The average molecular weight is 649 g/mol. The number of carbonyl (C=O) groups is 3. The van der Waals surface area contributed by atoms with E-state index in [-0.39, 0.29) is 50.5 Å². The molecule has 0 bridgehead atoms. The van der Waals surface area contributed by atoms with Gasteiger partial charge in [0.1, 0.15) is 17.0 Å². The maximum Gasteiger partial charge on any atom is 0.321 e. The first-order valence-corrected chi connectivity index (χ1v) is 14.8. The van der Waals surface area contributed by atoms with Crippen molar-refractivity contribution in [3.05, 3.63) is 67.9 Å². The number of benzene rings is 2. The molecule has 13 heteroatoms. The van der Waals surface area contributed by atoms with E-state index >= 15 is 0 Å². The summed E-state index contributed by atoms with van der Waals surface area (Å²) in [4.78, 5) is 42.2. The van der Waals surface area contributed by atoms with Gasteiger partial charge in [-0.25, -0.2) is 10.0 Å². The summed E-state index contributed by atoms with van der Waals surface area (Å²) in [5, 5.41) is 22.5. The van der Waals surface area contributed by atoms with E-state index in [1.807, 2.05) is 51.1 Å². The number of hydrazone groups is 1. The lowest BCUT2D eigenvalue weighted by Gasteiger charge is -2.27. The highest BCUT2D eigenvalue weighted by Crippen LogP contribution is 2.43. The summed E-state index contributed by atoms with van der Waals surface area (Å²) in [6, 6.07) is 8.22. The third kappa shape index (κ3) is 6.30. The largest absolute Gasteiger partial charge is 0.506 e. The second kappa shape index (κ2) is 13.1. The van der Waals surface area contributed by atoms with Crippen LogP contribution in [0.1, 0.15) is 32.8 Å². The number of nitrogens with zero attached hydrogens (tertiary/aromatic N) is 4. The summed E-state index contributed by atoms with van der Waals surface area (Å²) in [7, 11) is 5.64. The topological polar surface area (TPSA) is 110 Å². The smallest absolute Gasteiger partial charge is 0.321 e. The van der Waals surface area contributed by atoms with E-state index in [9.17, 15) is 19.5 Å². The monoisotopic (exact) mass is 647 g/mol. The maximum atomic E-state index is 13.6. The molecular weight excluding hydrogens is 615 g/mol. The highest BCUT2D eigenvalue weighted by molar-refractivity contribution is 6.46. The molecule has 10 nitrogen and oxygen atoms in total. The Bertz CT molecular complexity index is 1570. The molecular formula is C30H34Cl3N6O4+. The molecule has 0 saturated heterocycles. The minimum atomic E-state index is -0.618. The molecule has 0 radical (unpaired) electrons. The Hall–Kier alpha value is -3.41. The van der Waals surface area contributed by atoms with Crippen LogP contribution in [0.15, 0.2) is 47.2 Å². The standard InChI is InChI=1S/C30H33Cl3N6O4/c1-7-38(8-2)18-9-10-19(22(15-18)34-23(40)11-12-37(6)36(4)5)25-28(41)26(29(25)42)24-16(3)35-39(30(24)43)27-20(32)13-17(31)14-21(27)33/h9-10,13-15,41H,7-8,11-12H2,1-6H3,(H,34,40)/p+1/b26-24+. The molecule has 2 aromatic rings. The number of amides is 2. The van der Waals surface area contributed by atoms with E-state index in [1.165, 1.54) is 12.1 Å². The van der Waals surface area contributed by atoms with Crippen LogP contribution >= 0.6 is 34.8 Å². The average Bonchev–Trinajstić information content (AvgIpc) is 3.21. The fourth-order valence-electron chi connectivity index (χ4n) is 4.95. The third-order valence-corrected chi connectivity index (χ3v) is 8.27. The maximum absolute atomic E-state index is 13.6. The van der Waals surface area contributed by atoms with E-state index in [4.69, 9.17) is 34.8 Å². The van der Waals surface area contributed by atoms with Crippen LogP contribution in [0.25, 0.3) is 5.57 Å². The summed E-state index contributed by atoms with van der Waals surface area (Å²) in [6.07, 6.45) is 0.206. The number of hydrazine groups is 2. The van der Waals surface area contributed by atoms with Crippen LogP contribution in [0.5, 0.6) is 0 Å². The van der Waals surface area contributed by atoms with Gasteiger partial charge in [0.05, 0.1) is 26.9 Å². The Kier molecular flexibility index (Phi) is 9.88. The van der Waals surface area contributed by atoms with Crippen molar-refractivity contribution >= 4 is 80.7 Å². The molecule has 43 heavy (non-hydrogen) atoms. The van der Waals surface area contributed by atoms with Gasteiger partial charge in [0.2, 0.25) is 17.4 Å². The number of ketones is 1. The van der Waals surface area contributed by atoms with Crippen molar-refractivity contribution in [2.75, 3.05) is 56.0 Å². The summed E-state index contributed by atoms with van der Waals surface area (Å²) >= 11 is 18.7. The van der Waals surface area contributed by atoms with Crippen molar-refractivity contribution in [3.63, 3.8) is 0 Å². The van der Waals surface area contributed by atoms with Crippen LogP contribution in [0, 0.1) is 0 Å². The number of carbonyl (C=O) groups excluding carboxylic acids is 3. The van der Waals surface area contributed by atoms with Crippen LogP contribution in [0.3, 0.4) is 0 Å². The SMILES string of the molecule is CCN(CC)c1ccc(C2=C(O)/C(=C3\C(=O)N(c4c(Cl)cc(Cl)cc4Cl)[NH+]=C3C)C2=O)c(NC(=O)CCN(C)N(C)C)c1. The van der Waals surface area contributed by atoms with Crippen molar-refractivity contribution < 1.29 is 24.6 Å². The number of Topliss-reactive ketones (excluding diaryl/α,β-unsaturated/α-hetero) is 1. The Morgan fingerprint density at radius 1 is 0.977 bits per heavy atom. The Labute approximate surface area is 265 Å². The first-order valence-electron chi connectivity index (χ1n) is 13.7. The molecule has 1 aliphatic heterocycles. The lowest BCUT2D eigenvalue weighted by Crippen LogP contribution is -2.81. The zero-order chi connectivity index (χ0) is 31.7. The first kappa shape index (κ1) is 32.5. The van der Waals surface area contributed by atoms with Gasteiger partial charge >= 0.3 is 5.91 Å². The van der Waals surface area contributed by atoms with Gasteiger partial charge in [-0.05, 0) is 44.2 Å². The molecule has 0 spiro atoms. The lowest BCUT2D eigenvalue weighted by molar-refractivity contribution is -0.455. The Morgan fingerprint density at radius 2 is 1.60 bits per heavy atom. The van der Waals surface area contributed by atoms with Crippen LogP contribution in [-0.4, -0.2) is 79.2 Å². The lowest BCUT2D eigenvalue weighted by atomic mass is 9.79. The number of hydrogen-bond acceptors (Lipinski definition) is 7. The van der Waals surface area contributed by atoms with Gasteiger partial charge in [-0.3, -0.25) is 14.4 Å². The summed E-state index contributed by atoms with van der Waals surface area (Å²) in [6.45, 7) is 7.61. The molecule has 2 aliphatic rings. The van der Waals surface area contributed by atoms with Gasteiger partial charge in [0, 0.05) is 70.4 Å². The number of allylic oxidation sites excluding steroid dienone is 2. The van der Waals surface area contributed by atoms with Crippen molar-refractivity contribution in [3.8, 4) is 0 Å². The Balaban J connectivity index is 1.73. The molecule has 2 aromatic carbocycles. The molecule has 1 aliphatic carbocycles. The van der Waals surface area contributed by atoms with Crippen molar-refractivity contribution in [1.82, 2.24) is 10.0 Å². The van der Waals surface area contributed by atoms with Crippen LogP contribution in [-0.2, 0) is 14.4 Å². The predicted molar refractivity (Wildman–Crippen MR) is 172 cm³/mol. The van der Waals surface area contributed by atoms with E-state index in [1.54, 1.807) is 19.1 Å². The molecule has 0 atom stereocenters. The summed E-state index contributed by atoms with van der Waals surface area (Å²) in [5.74, 6) is -1.74. The third-order valence-electron chi connectivity index (χ3n) is 7.47. The van der Waals surface area contributed by atoms with Crippen molar-refractivity contribution in [2.24, 2.45) is 0 Å². The molecule has 2 amide bonds. The van der Waals surface area contributed by atoms with E-state index in [2.05, 4.69) is 15.3 Å². The molecule has 0 fully saturated rings. The number of aliphatic hydroxyl groups excluding tert-OH is 1. The fourth-order valence-corrected chi connectivity index (χ4v) is 5.93. The first-order chi connectivity index (χ1) is 20.3. The van der Waals surface area contributed by atoms with Gasteiger partial charge in [-0.1, -0.05) is 39.8 Å². The minimum Gasteiger partial charge on any atom is -0.506 e. The number of nitrogens with one attached hydrogen (secondary N) is 2. The molecule has 0 aromatic heterocycles. The van der Waals surface area contributed by atoms with Crippen molar-refractivity contribution in [2.45, 2.75) is 27.2 Å². The summed E-state index contributed by atoms with van der Waals surface area (Å²) in [5.41, 5.74) is 1.96. The molecule has 1 heterocycles. The highest BCUT2D eigenvalue weighted by atomic mass is 35.5. The number of anilines is 3. The number of halogens is 3. The van der Waals surface area contributed by atoms with Gasteiger partial charge in [-0.15, -0.1) is 5.10 Å². The molecule has 4 rings (SSSR count). The highest BCUT2D eigenvalue weighted by Gasteiger charge is 2.47. The Morgan fingerprint density at radius 3 is 2.16 bits per heavy atom. The van der Waals surface area contributed by atoms with E-state index in [0.29, 0.717) is 28.5 Å². The molecule has 3 N–H and O–H groups in total. The number of aliphatic hydroxyl groups is 1. The van der Waals surface area contributed by atoms with Crippen LogP contribution in [0.2, 0.25) is 15.1 Å². The zero-order valence-corrected chi connectivity index (χ0v) is 27.1. The quantitative estimate of drug-likeness (QED) is 0.265. The molecule has 0 saturated carbocycles. The normalized spacial score (nSPS) is 16.8. The second-order valence-corrected chi connectivity index (χ2v) is 11.6. The van der Waals surface area contributed by atoms with Crippen LogP contribution < -0.4 is 20.3 Å². The predicted octanol–water partition coefficient (Wildman–Crippen LogP) is 3.88. The van der Waals surface area contributed by atoms with Gasteiger partial charge < -0.3 is 15.3 Å². The minimum absolute atomic E-state index is 0.00889. The van der Waals surface area contributed by atoms with Gasteiger partial charge in [0.15, 0.2) is 0 Å². The van der Waals surface area contributed by atoms with E-state index < -0.39 is 11.7 Å². The zero-order valence-electron chi connectivity index (χ0n) is 24.8. The molecule has 228 valence electrons. The van der Waals surface area contributed by atoms with Crippen molar-refractivity contribution in [1.29, 1.82) is 0 Å². The summed E-state index contributed by atoms with van der Waals surface area (Å²) < 4.78 is 0. The van der Waals surface area contributed by atoms with E-state index in [0.717, 1.165) is 23.8 Å². The second-order valence-electron chi connectivity index (χ2n) is 10.3. The molecule has 0 unspecified atom stereocenters. The van der Waals surface area contributed by atoms with Gasteiger partial charge in [0.25, 0.3) is 0 Å². The van der Waals surface area contributed by atoms with Gasteiger partial charge in [-0.2, -0.15) is 0 Å².